The number of hydrogen-bond acceptors (Lipinski definition) is 3. The highest BCUT2D eigenvalue weighted by Gasteiger charge is 2.29. The van der Waals surface area contributed by atoms with Crippen LogP contribution in [-0.4, -0.2) is 17.0 Å². The highest BCUT2D eigenvalue weighted by molar-refractivity contribution is 5.95. The Hall–Kier alpha value is -1.62. The third kappa shape index (κ3) is 3.67. The van der Waals surface area contributed by atoms with Crippen LogP contribution in [0.4, 0.5) is 5.69 Å². The van der Waals surface area contributed by atoms with E-state index in [0.717, 1.165) is 6.42 Å². The van der Waals surface area contributed by atoms with Crippen LogP contribution >= 0.6 is 0 Å². The Balaban J connectivity index is 2.91. The molecule has 0 fully saturated rings. The molecule has 0 aliphatic heterocycles. The molecule has 106 valence electrons. The number of rotatable bonds is 6. The van der Waals surface area contributed by atoms with E-state index in [9.17, 15) is 9.59 Å². The standard InChI is InChI=1S/C14H23N3O2/c1-4-8-17-9-11(6-7-12(17)18)16-13(19)14(3,5-2)10-15/h6-7,9H,4-5,8,10,15H2,1-3H3,(H,16,19). The van der Waals surface area contributed by atoms with E-state index in [0.29, 0.717) is 25.2 Å². The van der Waals surface area contributed by atoms with Gasteiger partial charge < -0.3 is 15.6 Å². The smallest absolute Gasteiger partial charge is 0.250 e. The molecule has 0 saturated carbocycles. The monoisotopic (exact) mass is 265 g/mol. The summed E-state index contributed by atoms with van der Waals surface area (Å²) in [7, 11) is 0. The maximum Gasteiger partial charge on any atom is 0.250 e. The molecular weight excluding hydrogens is 242 g/mol. The summed E-state index contributed by atoms with van der Waals surface area (Å²) in [6.45, 7) is 6.71. The van der Waals surface area contributed by atoms with Crippen molar-refractivity contribution in [1.82, 2.24) is 4.57 Å². The van der Waals surface area contributed by atoms with E-state index in [-0.39, 0.29) is 11.5 Å². The molecule has 0 saturated heterocycles. The van der Waals surface area contributed by atoms with E-state index >= 15 is 0 Å². The molecule has 1 amide bonds. The van der Waals surface area contributed by atoms with Crippen LogP contribution < -0.4 is 16.6 Å². The molecule has 19 heavy (non-hydrogen) atoms. The average molecular weight is 265 g/mol. The summed E-state index contributed by atoms with van der Waals surface area (Å²) < 4.78 is 1.60. The lowest BCUT2D eigenvalue weighted by Gasteiger charge is -2.25. The fourth-order valence-electron chi connectivity index (χ4n) is 1.70. The minimum atomic E-state index is -0.578. The summed E-state index contributed by atoms with van der Waals surface area (Å²) >= 11 is 0. The Labute approximate surface area is 113 Å². The lowest BCUT2D eigenvalue weighted by atomic mass is 9.86. The number of carbonyl (C=O) groups is 1. The molecule has 1 atom stereocenters. The molecular formula is C14H23N3O2. The maximum atomic E-state index is 12.2. The van der Waals surface area contributed by atoms with E-state index < -0.39 is 5.41 Å². The average Bonchev–Trinajstić information content (AvgIpc) is 2.41. The van der Waals surface area contributed by atoms with Crippen molar-refractivity contribution >= 4 is 11.6 Å². The van der Waals surface area contributed by atoms with Crippen LogP contribution in [-0.2, 0) is 11.3 Å². The predicted molar refractivity (Wildman–Crippen MR) is 77.1 cm³/mol. The zero-order valence-electron chi connectivity index (χ0n) is 11.9. The topological polar surface area (TPSA) is 77.1 Å². The summed E-state index contributed by atoms with van der Waals surface area (Å²) in [5.41, 5.74) is 5.65. The Bertz CT molecular complexity index is 490. The summed E-state index contributed by atoms with van der Waals surface area (Å²) in [4.78, 5) is 23.8. The Morgan fingerprint density at radius 3 is 2.63 bits per heavy atom. The molecule has 1 unspecified atom stereocenters. The van der Waals surface area contributed by atoms with Gasteiger partial charge in [0.1, 0.15) is 0 Å². The minimum Gasteiger partial charge on any atom is -0.329 e. The van der Waals surface area contributed by atoms with Crippen LogP contribution in [0.25, 0.3) is 0 Å². The molecule has 1 heterocycles. The van der Waals surface area contributed by atoms with Gasteiger partial charge in [-0.15, -0.1) is 0 Å². The normalized spacial score (nSPS) is 13.9. The second kappa shape index (κ2) is 6.52. The van der Waals surface area contributed by atoms with Gasteiger partial charge in [0.25, 0.3) is 5.56 Å². The molecule has 0 radical (unpaired) electrons. The first kappa shape index (κ1) is 15.4. The van der Waals surface area contributed by atoms with Gasteiger partial charge in [-0.3, -0.25) is 9.59 Å². The molecule has 0 aliphatic rings. The fourth-order valence-corrected chi connectivity index (χ4v) is 1.70. The molecule has 1 aromatic heterocycles. The number of aryl methyl sites for hydroxylation is 1. The number of amides is 1. The van der Waals surface area contributed by atoms with Crippen LogP contribution in [0, 0.1) is 5.41 Å². The largest absolute Gasteiger partial charge is 0.329 e. The highest BCUT2D eigenvalue weighted by Crippen LogP contribution is 2.21. The van der Waals surface area contributed by atoms with Crippen molar-refractivity contribution in [3.8, 4) is 0 Å². The molecule has 0 bridgehead atoms. The summed E-state index contributed by atoms with van der Waals surface area (Å²) in [6, 6.07) is 3.09. The van der Waals surface area contributed by atoms with Crippen molar-refractivity contribution < 1.29 is 4.79 Å². The van der Waals surface area contributed by atoms with Gasteiger partial charge in [0.15, 0.2) is 0 Å². The third-order valence-electron chi connectivity index (χ3n) is 3.48. The van der Waals surface area contributed by atoms with Crippen LogP contribution in [0.3, 0.4) is 0 Å². The second-order valence-corrected chi connectivity index (χ2v) is 5.02. The first-order valence-electron chi connectivity index (χ1n) is 6.69. The SMILES string of the molecule is CCCn1cc(NC(=O)C(C)(CC)CN)ccc1=O. The molecule has 1 rings (SSSR count). The van der Waals surface area contributed by atoms with E-state index in [1.807, 2.05) is 20.8 Å². The zero-order chi connectivity index (χ0) is 14.5. The quantitative estimate of drug-likeness (QED) is 0.819. The predicted octanol–water partition coefficient (Wildman–Crippen LogP) is 1.57. The zero-order valence-corrected chi connectivity index (χ0v) is 11.9. The van der Waals surface area contributed by atoms with Gasteiger partial charge in [0.05, 0.1) is 11.1 Å². The van der Waals surface area contributed by atoms with Gasteiger partial charge in [-0.2, -0.15) is 0 Å². The molecule has 0 aliphatic carbocycles. The summed E-state index contributed by atoms with van der Waals surface area (Å²) in [5, 5.41) is 2.83. The van der Waals surface area contributed by atoms with Crippen molar-refractivity contribution in [2.45, 2.75) is 40.2 Å². The van der Waals surface area contributed by atoms with Crippen LogP contribution in [0.1, 0.15) is 33.6 Å². The van der Waals surface area contributed by atoms with Crippen molar-refractivity contribution in [3.05, 3.63) is 28.7 Å². The second-order valence-electron chi connectivity index (χ2n) is 5.02. The number of aromatic nitrogens is 1. The lowest BCUT2D eigenvalue weighted by molar-refractivity contribution is -0.124. The summed E-state index contributed by atoms with van der Waals surface area (Å²) in [6.07, 6.45) is 3.22. The highest BCUT2D eigenvalue weighted by atomic mass is 16.2. The third-order valence-corrected chi connectivity index (χ3v) is 3.48. The van der Waals surface area contributed by atoms with Crippen molar-refractivity contribution in [1.29, 1.82) is 0 Å². The molecule has 5 nitrogen and oxygen atoms in total. The number of nitrogens with two attached hydrogens (primary N) is 1. The van der Waals surface area contributed by atoms with Crippen molar-refractivity contribution in [2.75, 3.05) is 11.9 Å². The first-order valence-corrected chi connectivity index (χ1v) is 6.69. The molecule has 0 spiro atoms. The van der Waals surface area contributed by atoms with Crippen molar-refractivity contribution in [3.63, 3.8) is 0 Å². The fraction of sp³-hybridized carbons (Fsp3) is 0.571. The van der Waals surface area contributed by atoms with Gasteiger partial charge in [-0.25, -0.2) is 0 Å². The number of hydrogen-bond donors (Lipinski definition) is 2. The number of anilines is 1. The molecule has 0 aromatic carbocycles. The maximum absolute atomic E-state index is 12.2. The minimum absolute atomic E-state index is 0.0584. The van der Waals surface area contributed by atoms with Crippen LogP contribution in [0.5, 0.6) is 0 Å². The molecule has 3 N–H and O–H groups in total. The van der Waals surface area contributed by atoms with Crippen LogP contribution in [0.15, 0.2) is 23.1 Å². The Morgan fingerprint density at radius 2 is 2.11 bits per heavy atom. The van der Waals surface area contributed by atoms with Gasteiger partial charge in [-0.05, 0) is 25.8 Å². The summed E-state index contributed by atoms with van der Waals surface area (Å²) in [5.74, 6) is -0.112. The van der Waals surface area contributed by atoms with E-state index in [4.69, 9.17) is 5.73 Å². The van der Waals surface area contributed by atoms with E-state index in [1.54, 1.807) is 16.8 Å². The van der Waals surface area contributed by atoms with Gasteiger partial charge in [-0.1, -0.05) is 13.8 Å². The number of nitrogens with zero attached hydrogens (tertiary/aromatic N) is 1. The Morgan fingerprint density at radius 1 is 1.42 bits per heavy atom. The Kier molecular flexibility index (Phi) is 5.30. The van der Waals surface area contributed by atoms with Crippen LogP contribution in [0.2, 0.25) is 0 Å². The van der Waals surface area contributed by atoms with E-state index in [1.165, 1.54) is 6.07 Å². The molecule has 1 aromatic rings. The number of pyridine rings is 1. The number of carbonyl (C=O) groups excluding carboxylic acids is 1. The van der Waals surface area contributed by atoms with Crippen molar-refractivity contribution in [2.24, 2.45) is 11.1 Å². The van der Waals surface area contributed by atoms with Gasteiger partial charge >= 0.3 is 0 Å². The lowest BCUT2D eigenvalue weighted by Crippen LogP contribution is -2.39. The van der Waals surface area contributed by atoms with Gasteiger partial charge in [0, 0.05) is 25.4 Å². The van der Waals surface area contributed by atoms with Gasteiger partial charge in [0.2, 0.25) is 5.91 Å². The molecule has 5 heteroatoms. The van der Waals surface area contributed by atoms with E-state index in [2.05, 4.69) is 5.32 Å². The first-order chi connectivity index (χ1) is 8.96. The number of nitrogens with one attached hydrogen (secondary N) is 1.